The predicted octanol–water partition coefficient (Wildman–Crippen LogP) is 2.24. The smallest absolute Gasteiger partial charge is 0.341 e. The highest BCUT2D eigenvalue weighted by atomic mass is 16.5. The molecule has 0 spiro atoms. The van der Waals surface area contributed by atoms with Crippen LogP contribution in [0.1, 0.15) is 17.2 Å². The topological polar surface area (TPSA) is 76.0 Å². The summed E-state index contributed by atoms with van der Waals surface area (Å²) in [4.78, 5) is 10.4. The number of ether oxygens (including phenoxy) is 2. The van der Waals surface area contributed by atoms with Gasteiger partial charge in [-0.2, -0.15) is 0 Å². The van der Waals surface area contributed by atoms with E-state index in [4.69, 9.17) is 14.6 Å². The summed E-state index contributed by atoms with van der Waals surface area (Å²) in [6, 6.07) is 13.8. The Labute approximate surface area is 122 Å². The summed E-state index contributed by atoms with van der Waals surface area (Å²) in [5.74, 6) is 0.142. The lowest BCUT2D eigenvalue weighted by Crippen LogP contribution is -2.09. The van der Waals surface area contributed by atoms with Crippen LogP contribution in [0.2, 0.25) is 0 Å². The van der Waals surface area contributed by atoms with Crippen LogP contribution in [-0.2, 0) is 4.79 Å². The first-order valence-corrected chi connectivity index (χ1v) is 6.36. The van der Waals surface area contributed by atoms with Crippen LogP contribution < -0.4 is 9.47 Å². The maximum absolute atomic E-state index is 10.4. The van der Waals surface area contributed by atoms with Gasteiger partial charge in [-0.05, 0) is 35.4 Å². The third-order valence-electron chi connectivity index (χ3n) is 2.99. The van der Waals surface area contributed by atoms with Crippen LogP contribution in [0.5, 0.6) is 11.5 Å². The number of aliphatic hydroxyl groups excluding tert-OH is 1. The maximum atomic E-state index is 10.4. The summed E-state index contributed by atoms with van der Waals surface area (Å²) in [6.45, 7) is -0.389. The molecule has 2 aromatic carbocycles. The van der Waals surface area contributed by atoms with Crippen molar-refractivity contribution in [3.63, 3.8) is 0 Å². The van der Waals surface area contributed by atoms with Crippen LogP contribution >= 0.6 is 0 Å². The zero-order valence-corrected chi connectivity index (χ0v) is 11.5. The van der Waals surface area contributed by atoms with Crippen molar-refractivity contribution in [1.29, 1.82) is 0 Å². The van der Waals surface area contributed by atoms with E-state index in [2.05, 4.69) is 0 Å². The molecule has 0 aliphatic heterocycles. The molecule has 0 fully saturated rings. The number of hydrogen-bond acceptors (Lipinski definition) is 4. The van der Waals surface area contributed by atoms with Gasteiger partial charge in [0.1, 0.15) is 17.6 Å². The molecule has 0 aromatic heterocycles. The molecule has 110 valence electrons. The number of rotatable bonds is 6. The minimum atomic E-state index is -1.03. The zero-order chi connectivity index (χ0) is 15.2. The van der Waals surface area contributed by atoms with E-state index in [1.807, 2.05) is 0 Å². The number of carboxylic acid groups (broad SMARTS) is 1. The van der Waals surface area contributed by atoms with Crippen LogP contribution in [0.25, 0.3) is 0 Å². The monoisotopic (exact) mass is 288 g/mol. The van der Waals surface area contributed by atoms with E-state index in [1.54, 1.807) is 55.6 Å². The van der Waals surface area contributed by atoms with Crippen molar-refractivity contribution in [2.75, 3.05) is 13.7 Å². The summed E-state index contributed by atoms with van der Waals surface area (Å²) in [6.07, 6.45) is -0.760. The summed E-state index contributed by atoms with van der Waals surface area (Å²) < 4.78 is 10.1. The molecule has 0 saturated heterocycles. The molecule has 0 bridgehead atoms. The number of carboxylic acids is 1. The van der Waals surface area contributed by atoms with Gasteiger partial charge in [-0.1, -0.05) is 24.3 Å². The Morgan fingerprint density at radius 1 is 1.00 bits per heavy atom. The quantitative estimate of drug-likeness (QED) is 0.852. The number of aliphatic hydroxyl groups is 1. The molecule has 5 heteroatoms. The van der Waals surface area contributed by atoms with Gasteiger partial charge in [0.15, 0.2) is 6.61 Å². The number of aliphatic carboxylic acids is 1. The molecule has 1 atom stereocenters. The number of carbonyl (C=O) groups is 1. The van der Waals surface area contributed by atoms with Gasteiger partial charge in [-0.3, -0.25) is 0 Å². The summed E-state index contributed by atoms with van der Waals surface area (Å²) >= 11 is 0. The fourth-order valence-corrected chi connectivity index (χ4v) is 1.87. The summed E-state index contributed by atoms with van der Waals surface area (Å²) in [5.41, 5.74) is 1.44. The highest BCUT2D eigenvalue weighted by Crippen LogP contribution is 2.25. The number of methoxy groups -OCH3 is 1. The molecule has 2 rings (SSSR count). The summed E-state index contributed by atoms with van der Waals surface area (Å²) in [7, 11) is 1.58. The maximum Gasteiger partial charge on any atom is 0.341 e. The second-order valence-corrected chi connectivity index (χ2v) is 4.43. The molecule has 0 heterocycles. The molecule has 1 unspecified atom stereocenters. The average molecular weight is 288 g/mol. The molecule has 0 radical (unpaired) electrons. The minimum absolute atomic E-state index is 0.389. The zero-order valence-electron chi connectivity index (χ0n) is 11.5. The van der Waals surface area contributed by atoms with Crippen LogP contribution in [0.15, 0.2) is 48.5 Å². The predicted molar refractivity (Wildman–Crippen MR) is 76.6 cm³/mol. The normalized spacial score (nSPS) is 11.7. The Bertz CT molecular complexity index is 589. The van der Waals surface area contributed by atoms with Crippen molar-refractivity contribution >= 4 is 5.97 Å². The molecular weight excluding hydrogens is 272 g/mol. The molecule has 2 aromatic rings. The van der Waals surface area contributed by atoms with Crippen molar-refractivity contribution in [3.8, 4) is 11.5 Å². The van der Waals surface area contributed by atoms with Crippen LogP contribution in [0.3, 0.4) is 0 Å². The van der Waals surface area contributed by atoms with Crippen LogP contribution in [0.4, 0.5) is 0 Å². The third kappa shape index (κ3) is 3.97. The van der Waals surface area contributed by atoms with E-state index >= 15 is 0 Å². The fourth-order valence-electron chi connectivity index (χ4n) is 1.87. The minimum Gasteiger partial charge on any atom is -0.497 e. The van der Waals surface area contributed by atoms with Gasteiger partial charge in [-0.25, -0.2) is 4.79 Å². The highest BCUT2D eigenvalue weighted by Gasteiger charge is 2.10. The van der Waals surface area contributed by atoms with E-state index in [-0.39, 0.29) is 6.61 Å². The van der Waals surface area contributed by atoms with Gasteiger partial charge in [0, 0.05) is 0 Å². The van der Waals surface area contributed by atoms with E-state index in [0.29, 0.717) is 11.3 Å². The van der Waals surface area contributed by atoms with Gasteiger partial charge in [0.2, 0.25) is 0 Å². The SMILES string of the molecule is COc1ccc(C(O)c2ccc(OCC(=O)O)cc2)cc1. The molecular formula is C16H16O5. The second kappa shape index (κ2) is 6.76. The van der Waals surface area contributed by atoms with Crippen LogP contribution in [0, 0.1) is 0 Å². The highest BCUT2D eigenvalue weighted by molar-refractivity contribution is 5.68. The van der Waals surface area contributed by atoms with E-state index in [0.717, 1.165) is 11.3 Å². The Morgan fingerprint density at radius 2 is 1.48 bits per heavy atom. The number of hydrogen-bond donors (Lipinski definition) is 2. The lowest BCUT2D eigenvalue weighted by Gasteiger charge is -2.13. The standard InChI is InChI=1S/C16H16O5/c1-20-13-6-2-11(3-7-13)16(19)12-4-8-14(9-5-12)21-10-15(17)18/h2-9,16,19H,10H2,1H3,(H,17,18). The van der Waals surface area contributed by atoms with Crippen molar-refractivity contribution in [1.82, 2.24) is 0 Å². The van der Waals surface area contributed by atoms with Crippen molar-refractivity contribution < 1.29 is 24.5 Å². The van der Waals surface area contributed by atoms with Crippen molar-refractivity contribution in [3.05, 3.63) is 59.7 Å². The molecule has 0 aliphatic carbocycles. The average Bonchev–Trinajstić information content (AvgIpc) is 2.53. The molecule has 21 heavy (non-hydrogen) atoms. The van der Waals surface area contributed by atoms with Gasteiger partial charge in [0.05, 0.1) is 7.11 Å². The molecule has 0 aliphatic rings. The number of benzene rings is 2. The molecule has 0 amide bonds. The first kappa shape index (κ1) is 14.9. The first-order chi connectivity index (χ1) is 10.1. The van der Waals surface area contributed by atoms with Gasteiger partial charge in [-0.15, -0.1) is 0 Å². The van der Waals surface area contributed by atoms with E-state index < -0.39 is 12.1 Å². The first-order valence-electron chi connectivity index (χ1n) is 6.36. The van der Waals surface area contributed by atoms with Gasteiger partial charge >= 0.3 is 5.97 Å². The fraction of sp³-hybridized carbons (Fsp3) is 0.188. The van der Waals surface area contributed by atoms with E-state index in [9.17, 15) is 9.90 Å². The third-order valence-corrected chi connectivity index (χ3v) is 2.99. The molecule has 5 nitrogen and oxygen atoms in total. The van der Waals surface area contributed by atoms with Crippen molar-refractivity contribution in [2.45, 2.75) is 6.10 Å². The Kier molecular flexibility index (Phi) is 4.79. The lowest BCUT2D eigenvalue weighted by molar-refractivity contribution is -0.139. The lowest BCUT2D eigenvalue weighted by atomic mass is 10.0. The second-order valence-electron chi connectivity index (χ2n) is 4.43. The summed E-state index contributed by atoms with van der Waals surface area (Å²) in [5, 5.41) is 18.8. The van der Waals surface area contributed by atoms with Gasteiger partial charge in [0.25, 0.3) is 0 Å². The Balaban J connectivity index is 2.07. The Morgan fingerprint density at radius 3 is 1.90 bits per heavy atom. The van der Waals surface area contributed by atoms with E-state index in [1.165, 1.54) is 0 Å². The largest absolute Gasteiger partial charge is 0.497 e. The Hall–Kier alpha value is -2.53. The van der Waals surface area contributed by atoms with Crippen LogP contribution in [-0.4, -0.2) is 29.9 Å². The van der Waals surface area contributed by atoms with Crippen molar-refractivity contribution in [2.24, 2.45) is 0 Å². The molecule has 0 saturated carbocycles. The van der Waals surface area contributed by atoms with Gasteiger partial charge < -0.3 is 19.7 Å². The molecule has 2 N–H and O–H groups in total.